The van der Waals surface area contributed by atoms with Crippen LogP contribution in [0.15, 0.2) is 52.6 Å². The summed E-state index contributed by atoms with van der Waals surface area (Å²) in [4.78, 5) is 27.4. The fourth-order valence-electron chi connectivity index (χ4n) is 2.77. The number of urea groups is 1. The van der Waals surface area contributed by atoms with Crippen LogP contribution in [-0.4, -0.2) is 16.9 Å². The molecule has 7 nitrogen and oxygen atoms in total. The molecule has 1 aliphatic heterocycles. The summed E-state index contributed by atoms with van der Waals surface area (Å²) >= 11 is 0. The highest BCUT2D eigenvalue weighted by Gasteiger charge is 2.33. The first-order chi connectivity index (χ1) is 12.1. The molecule has 122 valence electrons. The minimum atomic E-state index is -0.839. The first-order valence-electron chi connectivity index (χ1n) is 7.64. The van der Waals surface area contributed by atoms with E-state index in [0.29, 0.717) is 29.0 Å². The lowest BCUT2D eigenvalue weighted by molar-refractivity contribution is -0.120. The molecule has 0 spiro atoms. The van der Waals surface area contributed by atoms with Crippen molar-refractivity contribution in [3.63, 3.8) is 0 Å². The molecule has 1 atom stereocenters. The van der Waals surface area contributed by atoms with Crippen LogP contribution in [0.25, 0.3) is 16.5 Å². The number of hydrogen-bond acceptors (Lipinski definition) is 5. The van der Waals surface area contributed by atoms with E-state index in [1.54, 1.807) is 24.4 Å². The van der Waals surface area contributed by atoms with Gasteiger partial charge in [-0.1, -0.05) is 18.2 Å². The zero-order valence-electron chi connectivity index (χ0n) is 12.9. The van der Waals surface area contributed by atoms with Gasteiger partial charge in [0.15, 0.2) is 6.04 Å². The Labute approximate surface area is 142 Å². The number of amides is 3. The lowest BCUT2D eigenvalue weighted by Crippen LogP contribution is -2.22. The highest BCUT2D eigenvalue weighted by Crippen LogP contribution is 2.28. The normalized spacial score (nSPS) is 19.7. The van der Waals surface area contributed by atoms with E-state index in [9.17, 15) is 9.59 Å². The van der Waals surface area contributed by atoms with Gasteiger partial charge in [0.1, 0.15) is 11.3 Å². The molecule has 2 N–H and O–H groups in total. The summed E-state index contributed by atoms with van der Waals surface area (Å²) in [5, 5.41) is 14.5. The van der Waals surface area contributed by atoms with Crippen molar-refractivity contribution >= 4 is 28.5 Å². The molecule has 3 heterocycles. The highest BCUT2D eigenvalue weighted by molar-refractivity contribution is 6.04. The Morgan fingerprint density at radius 1 is 1.32 bits per heavy atom. The van der Waals surface area contributed by atoms with Crippen molar-refractivity contribution in [2.45, 2.75) is 12.5 Å². The molecule has 2 aliphatic rings. The van der Waals surface area contributed by atoms with Gasteiger partial charge in [-0.15, -0.1) is 0 Å². The number of carbonyl (C=O) groups is 2. The summed E-state index contributed by atoms with van der Waals surface area (Å²) in [7, 11) is 0. The maximum Gasteiger partial charge on any atom is 0.322 e. The number of furan rings is 1. The SMILES string of the molecule is N#CC1=CCC=CC(c2cc3oc(C4NC(=O)NC4=O)cc3cn2)=C1. The molecule has 7 heteroatoms. The third-order valence-corrected chi connectivity index (χ3v) is 3.99. The minimum Gasteiger partial charge on any atom is -0.458 e. The van der Waals surface area contributed by atoms with Crippen LogP contribution in [0.4, 0.5) is 4.79 Å². The van der Waals surface area contributed by atoms with Gasteiger partial charge in [-0.05, 0) is 18.6 Å². The largest absolute Gasteiger partial charge is 0.458 e. The van der Waals surface area contributed by atoms with Gasteiger partial charge < -0.3 is 9.73 Å². The van der Waals surface area contributed by atoms with Crippen LogP contribution >= 0.6 is 0 Å². The standard InChI is InChI=1S/C18H12N4O3/c19-8-10-3-1-2-4-11(5-10)13-7-14-12(9-20-13)6-15(25-14)16-17(23)22-18(24)21-16/h2-7,9,16H,1H2,(H2,21,22,23,24). The van der Waals surface area contributed by atoms with Crippen LogP contribution in [0.3, 0.4) is 0 Å². The summed E-state index contributed by atoms with van der Waals surface area (Å²) in [6.07, 6.45) is 9.80. The summed E-state index contributed by atoms with van der Waals surface area (Å²) in [6.45, 7) is 0. The second-order valence-electron chi connectivity index (χ2n) is 5.66. The van der Waals surface area contributed by atoms with Gasteiger partial charge in [0.25, 0.3) is 5.91 Å². The quantitative estimate of drug-likeness (QED) is 0.822. The molecular weight excluding hydrogens is 320 g/mol. The number of rotatable bonds is 2. The van der Waals surface area contributed by atoms with Gasteiger partial charge in [-0.3, -0.25) is 15.1 Å². The van der Waals surface area contributed by atoms with Gasteiger partial charge in [0.05, 0.1) is 11.8 Å². The van der Waals surface area contributed by atoms with Crippen molar-refractivity contribution in [2.75, 3.05) is 0 Å². The number of allylic oxidation sites excluding steroid dienone is 6. The van der Waals surface area contributed by atoms with Crippen LogP contribution < -0.4 is 10.6 Å². The molecule has 0 radical (unpaired) electrons. The molecule has 25 heavy (non-hydrogen) atoms. The molecule has 1 saturated heterocycles. The smallest absolute Gasteiger partial charge is 0.322 e. The van der Waals surface area contributed by atoms with E-state index >= 15 is 0 Å². The van der Waals surface area contributed by atoms with Crippen LogP contribution in [0.2, 0.25) is 0 Å². The van der Waals surface area contributed by atoms with Crippen molar-refractivity contribution < 1.29 is 14.0 Å². The van der Waals surface area contributed by atoms with Crippen molar-refractivity contribution in [3.8, 4) is 6.07 Å². The van der Waals surface area contributed by atoms with Crippen LogP contribution in [0, 0.1) is 11.3 Å². The first-order valence-corrected chi connectivity index (χ1v) is 7.64. The van der Waals surface area contributed by atoms with E-state index in [1.165, 1.54) is 0 Å². The Bertz CT molecular complexity index is 1040. The molecule has 0 bridgehead atoms. The molecule has 3 amide bonds. The average Bonchev–Trinajstić information content (AvgIpc) is 3.07. The van der Waals surface area contributed by atoms with Crippen molar-refractivity contribution in [1.82, 2.24) is 15.6 Å². The Hall–Kier alpha value is -3.66. The number of fused-ring (bicyclic) bond motifs is 1. The maximum atomic E-state index is 11.8. The average molecular weight is 332 g/mol. The molecule has 2 aromatic rings. The molecule has 4 rings (SSSR count). The molecule has 0 saturated carbocycles. The fourth-order valence-corrected chi connectivity index (χ4v) is 2.77. The molecule has 2 aromatic heterocycles. The van der Waals surface area contributed by atoms with Crippen molar-refractivity contribution in [3.05, 3.63) is 59.7 Å². The summed E-state index contributed by atoms with van der Waals surface area (Å²) in [5.74, 6) is -0.101. The topological polar surface area (TPSA) is 108 Å². The Morgan fingerprint density at radius 2 is 2.20 bits per heavy atom. The van der Waals surface area contributed by atoms with Gasteiger partial charge in [-0.2, -0.15) is 5.26 Å². The molecule has 1 fully saturated rings. The zero-order chi connectivity index (χ0) is 17.4. The number of nitriles is 1. The Kier molecular flexibility index (Phi) is 3.43. The lowest BCUT2D eigenvalue weighted by atomic mass is 10.1. The first kappa shape index (κ1) is 14.9. The summed E-state index contributed by atoms with van der Waals surface area (Å²) in [5.41, 5.74) is 2.59. The van der Waals surface area contributed by atoms with E-state index in [2.05, 4.69) is 21.7 Å². The van der Waals surface area contributed by atoms with Crippen LogP contribution in [0.1, 0.15) is 23.9 Å². The number of nitrogens with zero attached hydrogens (tertiary/aromatic N) is 2. The number of pyridine rings is 1. The number of aromatic nitrogens is 1. The van der Waals surface area contributed by atoms with E-state index < -0.39 is 18.0 Å². The van der Waals surface area contributed by atoms with Gasteiger partial charge in [0, 0.05) is 28.8 Å². The second-order valence-corrected chi connectivity index (χ2v) is 5.66. The zero-order valence-corrected chi connectivity index (χ0v) is 12.9. The van der Waals surface area contributed by atoms with Crippen molar-refractivity contribution in [2.24, 2.45) is 0 Å². The van der Waals surface area contributed by atoms with Gasteiger partial charge in [0.2, 0.25) is 0 Å². The third kappa shape index (κ3) is 2.70. The second kappa shape index (κ2) is 5.76. The number of hydrogen-bond donors (Lipinski definition) is 2. The van der Waals surface area contributed by atoms with E-state index in [0.717, 1.165) is 11.0 Å². The molecule has 1 unspecified atom stereocenters. The Morgan fingerprint density at radius 3 is 2.96 bits per heavy atom. The summed E-state index contributed by atoms with van der Waals surface area (Å²) in [6, 6.07) is 4.19. The van der Waals surface area contributed by atoms with Gasteiger partial charge in [-0.25, -0.2) is 4.79 Å². The predicted molar refractivity (Wildman–Crippen MR) is 88.9 cm³/mol. The number of carbonyl (C=O) groups excluding carboxylic acids is 2. The van der Waals surface area contributed by atoms with Crippen molar-refractivity contribution in [1.29, 1.82) is 5.26 Å². The predicted octanol–water partition coefficient (Wildman–Crippen LogP) is 2.50. The molecule has 1 aliphatic carbocycles. The maximum absolute atomic E-state index is 11.8. The van der Waals surface area contributed by atoms with E-state index in [-0.39, 0.29) is 0 Å². The van der Waals surface area contributed by atoms with Gasteiger partial charge >= 0.3 is 6.03 Å². The monoisotopic (exact) mass is 332 g/mol. The lowest BCUT2D eigenvalue weighted by Gasteiger charge is -2.02. The fraction of sp³-hybridized carbons (Fsp3) is 0.111. The molecular formula is C18H12N4O3. The van der Waals surface area contributed by atoms with E-state index in [1.807, 2.05) is 18.2 Å². The number of nitrogens with one attached hydrogen (secondary N) is 2. The highest BCUT2D eigenvalue weighted by atomic mass is 16.3. The minimum absolute atomic E-state index is 0.347. The molecule has 0 aromatic carbocycles. The Balaban J connectivity index is 1.73. The van der Waals surface area contributed by atoms with Crippen LogP contribution in [-0.2, 0) is 4.79 Å². The third-order valence-electron chi connectivity index (χ3n) is 3.99. The van der Waals surface area contributed by atoms with Crippen LogP contribution in [0.5, 0.6) is 0 Å². The summed E-state index contributed by atoms with van der Waals surface area (Å²) < 4.78 is 5.74. The van der Waals surface area contributed by atoms with E-state index in [4.69, 9.17) is 9.68 Å². The number of imide groups is 1.